The van der Waals surface area contributed by atoms with Crippen LogP contribution in [0.25, 0.3) is 0 Å². The standard InChI is InChI=1S/C40H70Si2/c1-9-11-13-15-17-19-21-23-25-27-29-37-35-39(31-33-41(3,4)5)40(32-34-42(6,7)8)36-38(37)30-28-26-24-22-20-18-16-14-12-10-2/h35-36H,9-30H2,1-8H3. The molecule has 2 heteroatoms. The molecular formula is C40H70Si2. The van der Waals surface area contributed by atoms with Crippen molar-refractivity contribution in [1.82, 2.24) is 0 Å². The minimum absolute atomic E-state index is 1.19. The highest BCUT2D eigenvalue weighted by molar-refractivity contribution is 6.84. The van der Waals surface area contributed by atoms with Crippen molar-refractivity contribution >= 4 is 16.1 Å². The van der Waals surface area contributed by atoms with E-state index in [0.717, 1.165) is 0 Å². The van der Waals surface area contributed by atoms with Crippen molar-refractivity contribution in [3.63, 3.8) is 0 Å². The van der Waals surface area contributed by atoms with Crippen LogP contribution in [0.1, 0.15) is 165 Å². The molecule has 0 aromatic heterocycles. The van der Waals surface area contributed by atoms with Crippen LogP contribution in [-0.2, 0) is 12.8 Å². The lowest BCUT2D eigenvalue weighted by atomic mass is 9.92. The highest BCUT2D eigenvalue weighted by Crippen LogP contribution is 2.23. The quantitative estimate of drug-likeness (QED) is 0.0699. The molecular weight excluding hydrogens is 537 g/mol. The molecule has 238 valence electrons. The fourth-order valence-corrected chi connectivity index (χ4v) is 6.50. The summed E-state index contributed by atoms with van der Waals surface area (Å²) in [6.07, 6.45) is 30.3. The Kier molecular flexibility index (Phi) is 21.4. The summed E-state index contributed by atoms with van der Waals surface area (Å²) in [7, 11) is -2.91. The van der Waals surface area contributed by atoms with E-state index in [0.29, 0.717) is 0 Å². The lowest BCUT2D eigenvalue weighted by molar-refractivity contribution is 0.553. The van der Waals surface area contributed by atoms with Crippen LogP contribution in [0.2, 0.25) is 39.3 Å². The predicted molar refractivity (Wildman–Crippen MR) is 198 cm³/mol. The molecule has 0 aliphatic heterocycles. The van der Waals surface area contributed by atoms with Gasteiger partial charge in [0.1, 0.15) is 16.1 Å². The Hall–Kier alpha value is -1.23. The highest BCUT2D eigenvalue weighted by atomic mass is 28.3. The Morgan fingerprint density at radius 2 is 0.667 bits per heavy atom. The molecule has 0 aliphatic carbocycles. The van der Waals surface area contributed by atoms with E-state index >= 15 is 0 Å². The maximum Gasteiger partial charge on any atom is 0.129 e. The van der Waals surface area contributed by atoms with Crippen molar-refractivity contribution in [3.05, 3.63) is 34.4 Å². The largest absolute Gasteiger partial charge is 0.129 e. The first-order chi connectivity index (χ1) is 20.1. The SMILES string of the molecule is CCCCCCCCCCCCc1cc(C#C[Si](C)(C)C)c(C#C[Si](C)(C)C)cc1CCCCCCCCCCCC. The normalized spacial score (nSPS) is 11.6. The van der Waals surface area contributed by atoms with Crippen LogP contribution in [0.3, 0.4) is 0 Å². The molecule has 0 bridgehead atoms. The van der Waals surface area contributed by atoms with Crippen LogP contribution in [0, 0.1) is 22.9 Å². The third kappa shape index (κ3) is 21.5. The molecule has 0 spiro atoms. The maximum absolute atomic E-state index is 3.65. The molecule has 0 amide bonds. The lowest BCUT2D eigenvalue weighted by Gasteiger charge is -2.14. The van der Waals surface area contributed by atoms with Crippen molar-refractivity contribution in [1.29, 1.82) is 0 Å². The fourth-order valence-electron chi connectivity index (χ4n) is 5.48. The number of hydrogen-bond donors (Lipinski definition) is 0. The summed E-state index contributed by atoms with van der Waals surface area (Å²) in [5.41, 5.74) is 12.8. The van der Waals surface area contributed by atoms with Gasteiger partial charge in [0.05, 0.1) is 0 Å². The number of unbranched alkanes of at least 4 members (excludes halogenated alkanes) is 18. The molecule has 0 heterocycles. The smallest absolute Gasteiger partial charge is 0.127 e. The van der Waals surface area contributed by atoms with E-state index in [-0.39, 0.29) is 0 Å². The molecule has 0 nitrogen and oxygen atoms in total. The van der Waals surface area contributed by atoms with E-state index in [9.17, 15) is 0 Å². The summed E-state index contributed by atoms with van der Waals surface area (Å²) in [5, 5.41) is 0. The highest BCUT2D eigenvalue weighted by Gasteiger charge is 2.13. The molecule has 42 heavy (non-hydrogen) atoms. The van der Waals surface area contributed by atoms with E-state index in [4.69, 9.17) is 0 Å². The lowest BCUT2D eigenvalue weighted by Crippen LogP contribution is -2.17. The molecule has 0 atom stereocenters. The third-order valence-corrected chi connectivity index (χ3v) is 9.83. The Morgan fingerprint density at radius 3 is 0.929 bits per heavy atom. The molecule has 0 fully saturated rings. The summed E-state index contributed by atoms with van der Waals surface area (Å²) in [5.74, 6) is 7.26. The van der Waals surface area contributed by atoms with Gasteiger partial charge in [-0.25, -0.2) is 0 Å². The topological polar surface area (TPSA) is 0 Å². The van der Waals surface area contributed by atoms with Gasteiger partial charge < -0.3 is 0 Å². The zero-order valence-electron chi connectivity index (χ0n) is 29.7. The second-order valence-corrected chi connectivity index (χ2v) is 24.5. The van der Waals surface area contributed by atoms with Gasteiger partial charge in [-0.05, 0) is 48.9 Å². The molecule has 0 radical (unpaired) electrons. The van der Waals surface area contributed by atoms with Crippen molar-refractivity contribution in [2.45, 2.75) is 194 Å². The predicted octanol–water partition coefficient (Wildman–Crippen LogP) is 13.1. The molecule has 1 aromatic carbocycles. The molecule has 0 aliphatic rings. The van der Waals surface area contributed by atoms with Gasteiger partial charge >= 0.3 is 0 Å². The average Bonchev–Trinajstić information content (AvgIpc) is 2.92. The van der Waals surface area contributed by atoms with Gasteiger partial charge in [-0.2, -0.15) is 0 Å². The van der Waals surface area contributed by atoms with Crippen molar-refractivity contribution in [3.8, 4) is 22.9 Å². The third-order valence-electron chi connectivity index (χ3n) is 8.08. The van der Waals surface area contributed by atoms with Crippen molar-refractivity contribution < 1.29 is 0 Å². The first kappa shape index (κ1) is 38.8. The number of hydrogen-bond acceptors (Lipinski definition) is 0. The Balaban J connectivity index is 2.88. The Bertz CT molecular complexity index is 873. The molecule has 0 saturated carbocycles. The van der Waals surface area contributed by atoms with Crippen LogP contribution in [-0.4, -0.2) is 16.1 Å². The maximum atomic E-state index is 3.65. The van der Waals surface area contributed by atoms with E-state index in [1.54, 1.807) is 11.1 Å². The van der Waals surface area contributed by atoms with Crippen LogP contribution < -0.4 is 0 Å². The summed E-state index contributed by atoms with van der Waals surface area (Å²) in [6, 6.07) is 4.92. The van der Waals surface area contributed by atoms with Crippen molar-refractivity contribution in [2.24, 2.45) is 0 Å². The number of rotatable bonds is 22. The monoisotopic (exact) mass is 607 g/mol. The van der Waals surface area contributed by atoms with Crippen LogP contribution in [0.4, 0.5) is 0 Å². The van der Waals surface area contributed by atoms with Crippen molar-refractivity contribution in [2.75, 3.05) is 0 Å². The molecule has 1 rings (SSSR count). The van der Waals surface area contributed by atoms with Gasteiger partial charge in [0, 0.05) is 11.1 Å². The Labute approximate surface area is 267 Å². The van der Waals surface area contributed by atoms with Gasteiger partial charge in [-0.15, -0.1) is 11.1 Å². The zero-order chi connectivity index (χ0) is 31.1. The summed E-state index contributed by atoms with van der Waals surface area (Å²) in [6.45, 7) is 18.7. The number of benzene rings is 1. The van der Waals surface area contributed by atoms with Gasteiger partial charge in [0.15, 0.2) is 0 Å². The minimum atomic E-state index is -1.46. The van der Waals surface area contributed by atoms with E-state index in [1.807, 2.05) is 0 Å². The minimum Gasteiger partial charge on any atom is -0.127 e. The Morgan fingerprint density at radius 1 is 0.405 bits per heavy atom. The summed E-state index contributed by atoms with van der Waals surface area (Å²) >= 11 is 0. The van der Waals surface area contributed by atoms with Crippen LogP contribution in [0.5, 0.6) is 0 Å². The van der Waals surface area contributed by atoms with E-state index in [2.05, 4.69) is 88.2 Å². The van der Waals surface area contributed by atoms with E-state index < -0.39 is 16.1 Å². The average molecular weight is 607 g/mol. The molecule has 0 unspecified atom stereocenters. The van der Waals surface area contributed by atoms with Gasteiger partial charge in [0.2, 0.25) is 0 Å². The summed E-state index contributed by atoms with van der Waals surface area (Å²) < 4.78 is 0. The number of aryl methyl sites for hydroxylation is 2. The summed E-state index contributed by atoms with van der Waals surface area (Å²) in [4.78, 5) is 0. The zero-order valence-corrected chi connectivity index (χ0v) is 31.7. The van der Waals surface area contributed by atoms with Gasteiger partial charge in [-0.3, -0.25) is 0 Å². The first-order valence-electron chi connectivity index (χ1n) is 18.3. The van der Waals surface area contributed by atoms with Gasteiger partial charge in [-0.1, -0.05) is 181 Å². The van der Waals surface area contributed by atoms with Crippen LogP contribution in [0.15, 0.2) is 12.1 Å². The van der Waals surface area contributed by atoms with Gasteiger partial charge in [0.25, 0.3) is 0 Å². The second kappa shape index (κ2) is 23.2. The van der Waals surface area contributed by atoms with E-state index in [1.165, 1.54) is 152 Å². The molecule has 0 saturated heterocycles. The first-order valence-corrected chi connectivity index (χ1v) is 25.3. The molecule has 1 aromatic rings. The second-order valence-electron chi connectivity index (χ2n) is 15.0. The fraction of sp³-hybridized carbons (Fsp3) is 0.750. The molecule has 0 N–H and O–H groups in total. The van der Waals surface area contributed by atoms with Crippen LogP contribution >= 0.6 is 0 Å².